The molecule has 3 nitrogen and oxygen atoms in total. The summed E-state index contributed by atoms with van der Waals surface area (Å²) >= 11 is 7.92. The second-order valence-corrected chi connectivity index (χ2v) is 6.23. The number of fused-ring (bicyclic) bond motifs is 1. The van der Waals surface area contributed by atoms with E-state index in [1.807, 2.05) is 37.7 Å². The lowest BCUT2D eigenvalue weighted by Gasteiger charge is -2.28. The standard InChI is InChI=1S/C14H19ClN2OS/c1-3-16-14(18)9(2)17-12-6-7-19-13-5-4-10(15)8-11(12)13/h4-5,8-9,12,17H,3,6-7H2,1-2H3,(H,16,18). The summed E-state index contributed by atoms with van der Waals surface area (Å²) in [4.78, 5) is 13.1. The van der Waals surface area contributed by atoms with Crippen molar-refractivity contribution in [1.29, 1.82) is 0 Å². The van der Waals surface area contributed by atoms with E-state index in [0.29, 0.717) is 6.54 Å². The summed E-state index contributed by atoms with van der Waals surface area (Å²) in [5.74, 6) is 1.11. The molecule has 1 aromatic rings. The molecular weight excluding hydrogens is 280 g/mol. The minimum absolute atomic E-state index is 0.0457. The van der Waals surface area contributed by atoms with Gasteiger partial charge >= 0.3 is 0 Å². The van der Waals surface area contributed by atoms with Crippen LogP contribution in [-0.2, 0) is 4.79 Å². The maximum absolute atomic E-state index is 11.8. The first-order chi connectivity index (χ1) is 9.11. The van der Waals surface area contributed by atoms with Crippen molar-refractivity contribution in [2.75, 3.05) is 12.3 Å². The van der Waals surface area contributed by atoms with Crippen LogP contribution in [0.3, 0.4) is 0 Å². The van der Waals surface area contributed by atoms with Crippen LogP contribution in [0.4, 0.5) is 0 Å². The monoisotopic (exact) mass is 298 g/mol. The van der Waals surface area contributed by atoms with Crippen molar-refractivity contribution in [2.24, 2.45) is 0 Å². The predicted octanol–water partition coefficient (Wildman–Crippen LogP) is 2.99. The number of hydrogen-bond donors (Lipinski definition) is 2. The summed E-state index contributed by atoms with van der Waals surface area (Å²) in [6, 6.07) is 5.99. The second-order valence-electron chi connectivity index (χ2n) is 4.65. The molecule has 1 heterocycles. The number of rotatable bonds is 4. The molecule has 2 rings (SSSR count). The fourth-order valence-electron chi connectivity index (χ4n) is 2.24. The molecule has 1 aromatic carbocycles. The number of likely N-dealkylation sites (N-methyl/N-ethyl adjacent to an activating group) is 1. The number of carbonyl (C=O) groups is 1. The van der Waals surface area contributed by atoms with Gasteiger partial charge < -0.3 is 5.32 Å². The normalized spacial score (nSPS) is 19.6. The molecule has 0 saturated heterocycles. The van der Waals surface area contributed by atoms with E-state index in [4.69, 9.17) is 11.6 Å². The number of halogens is 1. The topological polar surface area (TPSA) is 41.1 Å². The SMILES string of the molecule is CCNC(=O)C(C)NC1CCSc2ccc(Cl)cc21. The summed E-state index contributed by atoms with van der Waals surface area (Å²) in [6.07, 6.45) is 1.02. The van der Waals surface area contributed by atoms with E-state index in [-0.39, 0.29) is 18.0 Å². The highest BCUT2D eigenvalue weighted by Crippen LogP contribution is 2.37. The molecule has 1 amide bonds. The van der Waals surface area contributed by atoms with E-state index in [0.717, 1.165) is 17.2 Å². The van der Waals surface area contributed by atoms with Gasteiger partial charge in [-0.1, -0.05) is 11.6 Å². The van der Waals surface area contributed by atoms with Crippen molar-refractivity contribution < 1.29 is 4.79 Å². The zero-order chi connectivity index (χ0) is 13.8. The third-order valence-electron chi connectivity index (χ3n) is 3.21. The van der Waals surface area contributed by atoms with Crippen LogP contribution in [0.15, 0.2) is 23.1 Å². The summed E-state index contributed by atoms with van der Waals surface area (Å²) in [6.45, 7) is 4.49. The van der Waals surface area contributed by atoms with Crippen LogP contribution in [0.5, 0.6) is 0 Å². The van der Waals surface area contributed by atoms with Gasteiger partial charge in [0.1, 0.15) is 0 Å². The number of hydrogen-bond acceptors (Lipinski definition) is 3. The maximum atomic E-state index is 11.8. The quantitative estimate of drug-likeness (QED) is 0.898. The molecule has 0 saturated carbocycles. The first-order valence-corrected chi connectivity index (χ1v) is 7.94. The molecule has 0 fully saturated rings. The minimum atomic E-state index is -0.195. The highest BCUT2D eigenvalue weighted by molar-refractivity contribution is 7.99. The van der Waals surface area contributed by atoms with Gasteiger partial charge in [-0.2, -0.15) is 0 Å². The number of carbonyl (C=O) groups excluding carboxylic acids is 1. The van der Waals surface area contributed by atoms with Gasteiger partial charge in [0.15, 0.2) is 0 Å². The Kier molecular flexibility index (Phi) is 5.13. The fourth-order valence-corrected chi connectivity index (χ4v) is 3.53. The Morgan fingerprint density at radius 1 is 1.58 bits per heavy atom. The van der Waals surface area contributed by atoms with Gasteiger partial charge in [-0.15, -0.1) is 11.8 Å². The van der Waals surface area contributed by atoms with E-state index in [2.05, 4.69) is 16.7 Å². The molecule has 2 atom stereocenters. The maximum Gasteiger partial charge on any atom is 0.236 e. The number of amides is 1. The zero-order valence-corrected chi connectivity index (χ0v) is 12.8. The van der Waals surface area contributed by atoms with Gasteiger partial charge in [-0.05, 0) is 49.8 Å². The first-order valence-electron chi connectivity index (χ1n) is 6.57. The van der Waals surface area contributed by atoms with Crippen LogP contribution in [-0.4, -0.2) is 24.2 Å². The highest BCUT2D eigenvalue weighted by Gasteiger charge is 2.24. The molecule has 19 heavy (non-hydrogen) atoms. The molecule has 104 valence electrons. The first kappa shape index (κ1) is 14.7. The summed E-state index contributed by atoms with van der Waals surface area (Å²) < 4.78 is 0. The van der Waals surface area contributed by atoms with E-state index < -0.39 is 0 Å². The van der Waals surface area contributed by atoms with Crippen LogP contribution in [0.2, 0.25) is 5.02 Å². The summed E-state index contributed by atoms with van der Waals surface area (Å²) in [5, 5.41) is 6.99. The van der Waals surface area contributed by atoms with E-state index in [1.54, 1.807) is 0 Å². The van der Waals surface area contributed by atoms with E-state index >= 15 is 0 Å². The van der Waals surface area contributed by atoms with Crippen LogP contribution < -0.4 is 10.6 Å². The molecule has 0 bridgehead atoms. The Hall–Kier alpha value is -0.710. The van der Waals surface area contributed by atoms with Crippen LogP contribution in [0.25, 0.3) is 0 Å². The van der Waals surface area contributed by atoms with Gasteiger partial charge in [-0.3, -0.25) is 10.1 Å². The fraction of sp³-hybridized carbons (Fsp3) is 0.500. The Morgan fingerprint density at radius 2 is 2.37 bits per heavy atom. The zero-order valence-electron chi connectivity index (χ0n) is 11.2. The second kappa shape index (κ2) is 6.64. The van der Waals surface area contributed by atoms with Crippen molar-refractivity contribution >= 4 is 29.3 Å². The van der Waals surface area contributed by atoms with Crippen molar-refractivity contribution in [3.05, 3.63) is 28.8 Å². The molecule has 1 aliphatic heterocycles. The molecule has 1 aliphatic rings. The Labute approximate surface area is 123 Å². The number of nitrogens with one attached hydrogen (secondary N) is 2. The largest absolute Gasteiger partial charge is 0.355 e. The third-order valence-corrected chi connectivity index (χ3v) is 4.56. The molecular formula is C14H19ClN2OS. The molecule has 5 heteroatoms. The molecule has 0 aliphatic carbocycles. The summed E-state index contributed by atoms with van der Waals surface area (Å²) in [7, 11) is 0. The van der Waals surface area contributed by atoms with Crippen molar-refractivity contribution in [2.45, 2.75) is 37.2 Å². The van der Waals surface area contributed by atoms with Gasteiger partial charge in [-0.25, -0.2) is 0 Å². The van der Waals surface area contributed by atoms with Gasteiger partial charge in [0.25, 0.3) is 0 Å². The Bertz CT molecular complexity index is 467. The van der Waals surface area contributed by atoms with Crippen LogP contribution in [0.1, 0.15) is 31.9 Å². The molecule has 0 spiro atoms. The van der Waals surface area contributed by atoms with Crippen LogP contribution >= 0.6 is 23.4 Å². The highest BCUT2D eigenvalue weighted by atomic mass is 35.5. The lowest BCUT2D eigenvalue weighted by Crippen LogP contribution is -2.44. The predicted molar refractivity (Wildman–Crippen MR) is 80.8 cm³/mol. The van der Waals surface area contributed by atoms with Crippen LogP contribution in [0, 0.1) is 0 Å². The van der Waals surface area contributed by atoms with E-state index in [1.165, 1.54) is 10.5 Å². The number of benzene rings is 1. The van der Waals surface area contributed by atoms with Crippen molar-refractivity contribution in [3.63, 3.8) is 0 Å². The lowest BCUT2D eigenvalue weighted by molar-refractivity contribution is -0.122. The lowest BCUT2D eigenvalue weighted by atomic mass is 10.0. The molecule has 2 N–H and O–H groups in total. The Balaban J connectivity index is 2.11. The summed E-state index contributed by atoms with van der Waals surface area (Å²) in [5.41, 5.74) is 1.21. The van der Waals surface area contributed by atoms with Gasteiger partial charge in [0.05, 0.1) is 6.04 Å². The van der Waals surface area contributed by atoms with Crippen molar-refractivity contribution in [1.82, 2.24) is 10.6 Å². The molecule has 0 radical (unpaired) electrons. The molecule has 0 aromatic heterocycles. The van der Waals surface area contributed by atoms with E-state index in [9.17, 15) is 4.79 Å². The minimum Gasteiger partial charge on any atom is -0.355 e. The number of thioether (sulfide) groups is 1. The van der Waals surface area contributed by atoms with Gasteiger partial charge in [0, 0.05) is 22.5 Å². The Morgan fingerprint density at radius 3 is 3.11 bits per heavy atom. The average Bonchev–Trinajstić information content (AvgIpc) is 2.39. The average molecular weight is 299 g/mol. The van der Waals surface area contributed by atoms with Gasteiger partial charge in [0.2, 0.25) is 5.91 Å². The third kappa shape index (κ3) is 3.65. The van der Waals surface area contributed by atoms with Crippen molar-refractivity contribution in [3.8, 4) is 0 Å². The molecule has 2 unspecified atom stereocenters. The smallest absolute Gasteiger partial charge is 0.236 e.